The summed E-state index contributed by atoms with van der Waals surface area (Å²) in [6.45, 7) is 5.64. The first-order valence-electron chi connectivity index (χ1n) is 7.98. The van der Waals surface area contributed by atoms with Crippen LogP contribution in [0.2, 0.25) is 0 Å². The third-order valence-corrected chi connectivity index (χ3v) is 3.55. The van der Waals surface area contributed by atoms with Gasteiger partial charge in [-0.2, -0.15) is 0 Å². The monoisotopic (exact) mass is 338 g/mol. The number of benzene rings is 2. The Labute approximate surface area is 147 Å². The van der Waals surface area contributed by atoms with Crippen LogP contribution >= 0.6 is 0 Å². The van der Waals surface area contributed by atoms with Gasteiger partial charge >= 0.3 is 0 Å². The molecule has 0 aliphatic carbocycles. The number of hydrogen-bond acceptors (Lipinski definition) is 3. The molecule has 2 aromatic rings. The fourth-order valence-electron chi connectivity index (χ4n) is 2.32. The van der Waals surface area contributed by atoms with Gasteiger partial charge in [-0.3, -0.25) is 20.4 Å². The summed E-state index contributed by atoms with van der Waals surface area (Å²) in [5.74, 6) is -0.162. The highest BCUT2D eigenvalue weighted by Crippen LogP contribution is 2.21. The number of nitrogens with one attached hydrogen (secondary N) is 2. The Bertz CT molecular complexity index is 777. The number of hydrogen-bond donors (Lipinski definition) is 2. The number of para-hydroxylation sites is 1. The second-order valence-corrected chi connectivity index (χ2v) is 5.79. The molecule has 0 bridgehead atoms. The van der Waals surface area contributed by atoms with Gasteiger partial charge < -0.3 is 4.74 Å². The molecule has 2 aromatic carbocycles. The number of carbonyl (C=O) groups excluding carboxylic acids is 2. The van der Waals surface area contributed by atoms with Crippen molar-refractivity contribution in [3.05, 3.63) is 70.8 Å². The molecule has 0 radical (unpaired) electrons. The molecule has 0 fully saturated rings. The van der Waals surface area contributed by atoms with Crippen LogP contribution in [0, 0.1) is 20.8 Å². The summed E-state index contributed by atoms with van der Waals surface area (Å²) in [5, 5.41) is 0. The highest BCUT2D eigenvalue weighted by atomic mass is 16.5. The SMILES string of the molecule is Cc1cccc(/C=C/C(=O)NNC(=O)COc2c(C)cccc2C)c1. The Morgan fingerprint density at radius 2 is 1.68 bits per heavy atom. The highest BCUT2D eigenvalue weighted by Gasteiger charge is 2.07. The van der Waals surface area contributed by atoms with Crippen LogP contribution in [0.1, 0.15) is 22.3 Å². The maximum atomic E-state index is 11.8. The number of aryl methyl sites for hydroxylation is 3. The Hall–Kier alpha value is -3.08. The molecule has 0 aliphatic heterocycles. The molecule has 25 heavy (non-hydrogen) atoms. The zero-order valence-corrected chi connectivity index (χ0v) is 14.6. The van der Waals surface area contributed by atoms with Crippen LogP contribution in [-0.2, 0) is 9.59 Å². The van der Waals surface area contributed by atoms with Crippen molar-refractivity contribution in [2.75, 3.05) is 6.61 Å². The fourth-order valence-corrected chi connectivity index (χ4v) is 2.32. The third-order valence-electron chi connectivity index (χ3n) is 3.55. The summed E-state index contributed by atoms with van der Waals surface area (Å²) in [6, 6.07) is 13.5. The van der Waals surface area contributed by atoms with E-state index in [4.69, 9.17) is 4.74 Å². The summed E-state index contributed by atoms with van der Waals surface area (Å²) < 4.78 is 5.52. The average molecular weight is 338 g/mol. The van der Waals surface area contributed by atoms with E-state index in [1.165, 1.54) is 6.08 Å². The summed E-state index contributed by atoms with van der Waals surface area (Å²) >= 11 is 0. The van der Waals surface area contributed by atoms with Gasteiger partial charge in [0.2, 0.25) is 0 Å². The van der Waals surface area contributed by atoms with Gasteiger partial charge in [0.15, 0.2) is 6.61 Å². The van der Waals surface area contributed by atoms with E-state index in [0.717, 1.165) is 22.3 Å². The van der Waals surface area contributed by atoms with Crippen LogP contribution in [0.15, 0.2) is 48.5 Å². The van der Waals surface area contributed by atoms with Crippen molar-refractivity contribution in [2.24, 2.45) is 0 Å². The molecule has 5 heteroatoms. The first-order valence-corrected chi connectivity index (χ1v) is 7.98. The Balaban J connectivity index is 1.78. The Kier molecular flexibility index (Phi) is 6.34. The molecule has 2 rings (SSSR count). The number of ether oxygens (including phenoxy) is 1. The van der Waals surface area contributed by atoms with Gasteiger partial charge in [-0.25, -0.2) is 0 Å². The Morgan fingerprint density at radius 1 is 1.00 bits per heavy atom. The molecule has 0 heterocycles. The molecule has 0 unspecified atom stereocenters. The molecular weight excluding hydrogens is 316 g/mol. The molecule has 130 valence electrons. The predicted molar refractivity (Wildman–Crippen MR) is 97.9 cm³/mol. The molecule has 0 saturated heterocycles. The van der Waals surface area contributed by atoms with Crippen molar-refractivity contribution in [1.29, 1.82) is 0 Å². The molecule has 0 atom stereocenters. The first kappa shape index (κ1) is 18.3. The maximum absolute atomic E-state index is 11.8. The van der Waals surface area contributed by atoms with E-state index in [2.05, 4.69) is 10.9 Å². The number of hydrazine groups is 1. The van der Waals surface area contributed by atoms with E-state index in [1.807, 2.05) is 63.2 Å². The lowest BCUT2D eigenvalue weighted by atomic mass is 10.1. The van der Waals surface area contributed by atoms with E-state index >= 15 is 0 Å². The minimum Gasteiger partial charge on any atom is -0.483 e. The van der Waals surface area contributed by atoms with E-state index in [9.17, 15) is 9.59 Å². The van der Waals surface area contributed by atoms with Crippen LogP contribution in [0.25, 0.3) is 6.08 Å². The number of rotatable bonds is 5. The maximum Gasteiger partial charge on any atom is 0.276 e. The Morgan fingerprint density at radius 3 is 2.36 bits per heavy atom. The van der Waals surface area contributed by atoms with Crippen LogP contribution < -0.4 is 15.6 Å². The predicted octanol–water partition coefficient (Wildman–Crippen LogP) is 2.85. The second-order valence-electron chi connectivity index (χ2n) is 5.79. The minimum atomic E-state index is -0.431. The van der Waals surface area contributed by atoms with E-state index in [0.29, 0.717) is 5.75 Å². The second kappa shape index (κ2) is 8.68. The van der Waals surface area contributed by atoms with Crippen molar-refractivity contribution in [2.45, 2.75) is 20.8 Å². The van der Waals surface area contributed by atoms with Crippen LogP contribution in [0.3, 0.4) is 0 Å². The number of amides is 2. The summed E-state index contributed by atoms with van der Waals surface area (Å²) in [4.78, 5) is 23.5. The van der Waals surface area contributed by atoms with E-state index < -0.39 is 11.8 Å². The van der Waals surface area contributed by atoms with Crippen molar-refractivity contribution in [3.63, 3.8) is 0 Å². The van der Waals surface area contributed by atoms with Gasteiger partial charge in [-0.05, 0) is 43.5 Å². The highest BCUT2D eigenvalue weighted by molar-refractivity contribution is 5.93. The van der Waals surface area contributed by atoms with Gasteiger partial charge in [0.25, 0.3) is 11.8 Å². The van der Waals surface area contributed by atoms with Crippen molar-refractivity contribution in [3.8, 4) is 5.75 Å². The van der Waals surface area contributed by atoms with Gasteiger partial charge in [-0.15, -0.1) is 0 Å². The molecule has 0 aliphatic rings. The lowest BCUT2D eigenvalue weighted by Gasteiger charge is -2.11. The lowest BCUT2D eigenvalue weighted by Crippen LogP contribution is -2.43. The van der Waals surface area contributed by atoms with Crippen LogP contribution in [0.4, 0.5) is 0 Å². The molecule has 0 spiro atoms. The van der Waals surface area contributed by atoms with Crippen LogP contribution in [0.5, 0.6) is 5.75 Å². The van der Waals surface area contributed by atoms with Crippen LogP contribution in [-0.4, -0.2) is 18.4 Å². The van der Waals surface area contributed by atoms with Gasteiger partial charge in [0, 0.05) is 6.08 Å². The van der Waals surface area contributed by atoms with Crippen molar-refractivity contribution >= 4 is 17.9 Å². The summed E-state index contributed by atoms with van der Waals surface area (Å²) in [5.41, 5.74) is 8.59. The fraction of sp³-hybridized carbons (Fsp3) is 0.200. The standard InChI is InChI=1S/C20H22N2O3/c1-14-6-4-9-17(12-14)10-11-18(23)21-22-19(24)13-25-20-15(2)7-5-8-16(20)3/h4-12H,13H2,1-3H3,(H,21,23)(H,22,24)/b11-10+. The molecule has 0 saturated carbocycles. The normalized spacial score (nSPS) is 10.5. The average Bonchev–Trinajstić information content (AvgIpc) is 2.58. The molecule has 5 nitrogen and oxygen atoms in total. The largest absolute Gasteiger partial charge is 0.483 e. The topological polar surface area (TPSA) is 67.4 Å². The van der Waals surface area contributed by atoms with Crippen molar-refractivity contribution in [1.82, 2.24) is 10.9 Å². The lowest BCUT2D eigenvalue weighted by molar-refractivity contribution is -0.128. The molecule has 0 aromatic heterocycles. The zero-order chi connectivity index (χ0) is 18.2. The van der Waals surface area contributed by atoms with Gasteiger partial charge in [0.05, 0.1) is 0 Å². The minimum absolute atomic E-state index is 0.173. The molecule has 2 amide bonds. The smallest absolute Gasteiger partial charge is 0.276 e. The van der Waals surface area contributed by atoms with Crippen molar-refractivity contribution < 1.29 is 14.3 Å². The summed E-state index contributed by atoms with van der Waals surface area (Å²) in [6.07, 6.45) is 3.04. The quantitative estimate of drug-likeness (QED) is 0.651. The first-order chi connectivity index (χ1) is 12.0. The van der Waals surface area contributed by atoms with E-state index in [-0.39, 0.29) is 6.61 Å². The molecule has 2 N–H and O–H groups in total. The number of carbonyl (C=O) groups is 2. The van der Waals surface area contributed by atoms with Gasteiger partial charge in [0.1, 0.15) is 5.75 Å². The third kappa shape index (κ3) is 5.80. The zero-order valence-electron chi connectivity index (χ0n) is 14.6. The van der Waals surface area contributed by atoms with E-state index in [1.54, 1.807) is 6.08 Å². The van der Waals surface area contributed by atoms with Gasteiger partial charge in [-0.1, -0.05) is 48.0 Å². The summed E-state index contributed by atoms with van der Waals surface area (Å²) in [7, 11) is 0. The molecular formula is C20H22N2O3.